The minimum Gasteiger partial charge on any atom is -0.381 e. The third-order valence-corrected chi connectivity index (χ3v) is 2.87. The average molecular weight is 256 g/mol. The monoisotopic (exact) mass is 255 g/mol. The minimum atomic E-state index is -0.222. The lowest BCUT2D eigenvalue weighted by Gasteiger charge is -2.21. The molecule has 2 rings (SSSR count). The van der Waals surface area contributed by atoms with Crippen LogP contribution in [0.4, 0.5) is 0 Å². The highest BCUT2D eigenvalue weighted by Gasteiger charge is 2.15. The summed E-state index contributed by atoms with van der Waals surface area (Å²) >= 11 is 5.59. The van der Waals surface area contributed by atoms with Crippen LogP contribution < -0.4 is 5.32 Å². The Morgan fingerprint density at radius 2 is 2.41 bits per heavy atom. The molecule has 1 aliphatic heterocycles. The van der Waals surface area contributed by atoms with Gasteiger partial charge >= 0.3 is 0 Å². The lowest BCUT2D eigenvalue weighted by Crippen LogP contribution is -2.33. The molecule has 1 aromatic rings. The highest BCUT2D eigenvalue weighted by Crippen LogP contribution is 2.12. The number of halogens is 1. The van der Waals surface area contributed by atoms with Crippen molar-refractivity contribution >= 4 is 17.5 Å². The van der Waals surface area contributed by atoms with E-state index in [0.29, 0.717) is 19.1 Å². The van der Waals surface area contributed by atoms with Crippen LogP contribution in [0, 0.1) is 5.92 Å². The first-order valence-electron chi connectivity index (χ1n) is 5.61. The molecule has 92 valence electrons. The Balaban J connectivity index is 1.82. The summed E-state index contributed by atoms with van der Waals surface area (Å²) in [5, 5.41) is 10.4. The van der Waals surface area contributed by atoms with E-state index in [2.05, 4.69) is 15.5 Å². The molecule has 1 aliphatic rings. The van der Waals surface area contributed by atoms with E-state index in [4.69, 9.17) is 16.3 Å². The van der Waals surface area contributed by atoms with Crippen molar-refractivity contribution in [1.82, 2.24) is 15.5 Å². The van der Waals surface area contributed by atoms with E-state index in [0.717, 1.165) is 19.4 Å². The van der Waals surface area contributed by atoms with Crippen LogP contribution in [-0.4, -0.2) is 35.9 Å². The van der Waals surface area contributed by atoms with Crippen LogP contribution in [-0.2, 0) is 4.74 Å². The number of hydrogen-bond donors (Lipinski definition) is 1. The SMILES string of the molecule is O=C(NCC1CCCOC1)c1ccc(Cl)nn1. The molecule has 0 spiro atoms. The molecule has 0 bridgehead atoms. The number of aromatic nitrogens is 2. The fourth-order valence-corrected chi connectivity index (χ4v) is 1.83. The van der Waals surface area contributed by atoms with Crippen molar-refractivity contribution in [3.63, 3.8) is 0 Å². The zero-order chi connectivity index (χ0) is 12.1. The standard InChI is InChI=1S/C11H14ClN3O2/c12-10-4-3-9(14-15-10)11(16)13-6-8-2-1-5-17-7-8/h3-4,8H,1-2,5-7H2,(H,13,16). The Bertz CT molecular complexity index is 377. The fourth-order valence-electron chi connectivity index (χ4n) is 1.73. The number of carbonyl (C=O) groups excluding carboxylic acids is 1. The Morgan fingerprint density at radius 1 is 1.53 bits per heavy atom. The number of amides is 1. The quantitative estimate of drug-likeness (QED) is 0.884. The smallest absolute Gasteiger partial charge is 0.271 e. The Hall–Kier alpha value is -1.20. The van der Waals surface area contributed by atoms with Crippen LogP contribution in [0.3, 0.4) is 0 Å². The fraction of sp³-hybridized carbons (Fsp3) is 0.545. The van der Waals surface area contributed by atoms with E-state index in [-0.39, 0.29) is 16.8 Å². The second-order valence-corrected chi connectivity index (χ2v) is 4.42. The summed E-state index contributed by atoms with van der Waals surface area (Å²) < 4.78 is 5.34. The van der Waals surface area contributed by atoms with Gasteiger partial charge in [0, 0.05) is 13.2 Å². The van der Waals surface area contributed by atoms with Crippen LogP contribution in [0.25, 0.3) is 0 Å². The molecule has 0 aromatic carbocycles. The predicted molar refractivity (Wildman–Crippen MR) is 62.9 cm³/mol. The van der Waals surface area contributed by atoms with Gasteiger partial charge < -0.3 is 10.1 Å². The van der Waals surface area contributed by atoms with Crippen LogP contribution in [0.15, 0.2) is 12.1 Å². The van der Waals surface area contributed by atoms with Gasteiger partial charge in [-0.05, 0) is 30.9 Å². The summed E-state index contributed by atoms with van der Waals surface area (Å²) in [7, 11) is 0. The van der Waals surface area contributed by atoms with E-state index in [9.17, 15) is 4.79 Å². The second-order valence-electron chi connectivity index (χ2n) is 4.03. The van der Waals surface area contributed by atoms with Gasteiger partial charge in [-0.25, -0.2) is 0 Å². The van der Waals surface area contributed by atoms with E-state index in [1.54, 1.807) is 12.1 Å². The molecule has 0 aliphatic carbocycles. The number of nitrogens with one attached hydrogen (secondary N) is 1. The normalized spacial score (nSPS) is 19.9. The van der Waals surface area contributed by atoms with Crippen LogP contribution in [0.2, 0.25) is 5.15 Å². The van der Waals surface area contributed by atoms with Crippen molar-refractivity contribution < 1.29 is 9.53 Å². The zero-order valence-corrected chi connectivity index (χ0v) is 10.1. The first kappa shape index (κ1) is 12.3. The molecule has 1 fully saturated rings. The summed E-state index contributed by atoms with van der Waals surface area (Å²) in [6, 6.07) is 3.11. The molecule has 1 N–H and O–H groups in total. The van der Waals surface area contributed by atoms with Crippen molar-refractivity contribution in [3.8, 4) is 0 Å². The maximum Gasteiger partial charge on any atom is 0.271 e. The van der Waals surface area contributed by atoms with Gasteiger partial charge in [0.05, 0.1) is 6.61 Å². The van der Waals surface area contributed by atoms with Crippen LogP contribution in [0.1, 0.15) is 23.3 Å². The van der Waals surface area contributed by atoms with Crippen LogP contribution in [0.5, 0.6) is 0 Å². The topological polar surface area (TPSA) is 64.1 Å². The summed E-state index contributed by atoms with van der Waals surface area (Å²) in [6.45, 7) is 2.16. The molecular weight excluding hydrogens is 242 g/mol. The minimum absolute atomic E-state index is 0.222. The Labute approximate surface area is 105 Å². The molecule has 0 radical (unpaired) electrons. The van der Waals surface area contributed by atoms with E-state index >= 15 is 0 Å². The molecule has 1 atom stereocenters. The van der Waals surface area contributed by atoms with Gasteiger partial charge in [0.2, 0.25) is 0 Å². The molecule has 1 unspecified atom stereocenters. The van der Waals surface area contributed by atoms with Gasteiger partial charge in [0.1, 0.15) is 0 Å². The van der Waals surface area contributed by atoms with Crippen molar-refractivity contribution in [1.29, 1.82) is 0 Å². The number of nitrogens with zero attached hydrogens (tertiary/aromatic N) is 2. The third-order valence-electron chi connectivity index (χ3n) is 2.67. The van der Waals surface area contributed by atoms with Gasteiger partial charge in [-0.15, -0.1) is 10.2 Å². The predicted octanol–water partition coefficient (Wildman–Crippen LogP) is 1.29. The first-order valence-corrected chi connectivity index (χ1v) is 5.98. The van der Waals surface area contributed by atoms with Gasteiger partial charge in [0.25, 0.3) is 5.91 Å². The van der Waals surface area contributed by atoms with E-state index < -0.39 is 0 Å². The maximum atomic E-state index is 11.7. The number of ether oxygens (including phenoxy) is 1. The Morgan fingerprint density at radius 3 is 3.06 bits per heavy atom. The lowest BCUT2D eigenvalue weighted by atomic mass is 10.0. The number of rotatable bonds is 3. The van der Waals surface area contributed by atoms with Crippen molar-refractivity contribution in [2.45, 2.75) is 12.8 Å². The summed E-state index contributed by atoms with van der Waals surface area (Å²) in [5.74, 6) is 0.174. The highest BCUT2D eigenvalue weighted by atomic mass is 35.5. The summed E-state index contributed by atoms with van der Waals surface area (Å²) in [6.07, 6.45) is 2.15. The number of carbonyl (C=O) groups is 1. The molecule has 5 nitrogen and oxygen atoms in total. The van der Waals surface area contributed by atoms with Crippen molar-refractivity contribution in [2.24, 2.45) is 5.92 Å². The van der Waals surface area contributed by atoms with Gasteiger partial charge in [-0.2, -0.15) is 0 Å². The molecule has 6 heteroatoms. The maximum absolute atomic E-state index is 11.7. The molecule has 17 heavy (non-hydrogen) atoms. The molecular formula is C11H14ClN3O2. The second kappa shape index (κ2) is 5.93. The van der Waals surface area contributed by atoms with Crippen molar-refractivity contribution in [2.75, 3.05) is 19.8 Å². The Kier molecular flexibility index (Phi) is 4.28. The zero-order valence-electron chi connectivity index (χ0n) is 9.36. The van der Waals surface area contributed by atoms with Crippen molar-refractivity contribution in [3.05, 3.63) is 23.0 Å². The first-order chi connectivity index (χ1) is 8.25. The van der Waals surface area contributed by atoms with E-state index in [1.165, 1.54) is 0 Å². The van der Waals surface area contributed by atoms with Gasteiger partial charge in [-0.1, -0.05) is 11.6 Å². The lowest BCUT2D eigenvalue weighted by molar-refractivity contribution is 0.0535. The molecule has 1 amide bonds. The highest BCUT2D eigenvalue weighted by molar-refractivity contribution is 6.29. The summed E-state index contributed by atoms with van der Waals surface area (Å²) in [5.41, 5.74) is 0.283. The summed E-state index contributed by atoms with van der Waals surface area (Å²) in [4.78, 5) is 11.7. The molecule has 1 aromatic heterocycles. The number of hydrogen-bond acceptors (Lipinski definition) is 4. The van der Waals surface area contributed by atoms with Crippen LogP contribution >= 0.6 is 11.6 Å². The van der Waals surface area contributed by atoms with E-state index in [1.807, 2.05) is 0 Å². The molecule has 2 heterocycles. The molecule has 1 saturated heterocycles. The third kappa shape index (κ3) is 3.64. The largest absolute Gasteiger partial charge is 0.381 e. The van der Waals surface area contributed by atoms with Gasteiger partial charge in [0.15, 0.2) is 10.8 Å². The average Bonchev–Trinajstić information content (AvgIpc) is 2.38. The van der Waals surface area contributed by atoms with Gasteiger partial charge in [-0.3, -0.25) is 4.79 Å². The molecule has 0 saturated carbocycles.